The third-order valence-electron chi connectivity index (χ3n) is 3.63. The van der Waals surface area contributed by atoms with E-state index in [9.17, 15) is 8.42 Å². The van der Waals surface area contributed by atoms with Gasteiger partial charge in [0.2, 0.25) is 0 Å². The van der Waals surface area contributed by atoms with Crippen LogP contribution in [0.5, 0.6) is 5.75 Å². The highest BCUT2D eigenvalue weighted by Gasteiger charge is 2.21. The van der Waals surface area contributed by atoms with Crippen LogP contribution in [0.1, 0.15) is 11.5 Å². The molecule has 0 saturated heterocycles. The second kappa shape index (κ2) is 6.90. The smallest absolute Gasteiger partial charge is 0.265 e. The summed E-state index contributed by atoms with van der Waals surface area (Å²) in [4.78, 5) is 3.99. The molecule has 0 bridgehead atoms. The molecule has 3 rings (SSSR count). The Morgan fingerprint density at radius 2 is 1.92 bits per heavy atom. The fraction of sp³-hybridized carbons (Fsp3) is 0.111. The van der Waals surface area contributed by atoms with Gasteiger partial charge in [-0.15, -0.1) is 0 Å². The van der Waals surface area contributed by atoms with Gasteiger partial charge in [0.05, 0.1) is 24.9 Å². The van der Waals surface area contributed by atoms with Crippen molar-refractivity contribution in [3.05, 3.63) is 60.1 Å². The average molecular weight is 369 g/mol. The van der Waals surface area contributed by atoms with Gasteiger partial charge in [0.25, 0.3) is 10.0 Å². The lowest BCUT2D eigenvalue weighted by molar-refractivity contribution is 0.403. The minimum Gasteiger partial charge on any atom is -0.495 e. The van der Waals surface area contributed by atoms with Gasteiger partial charge in [-0.2, -0.15) is 5.26 Å². The van der Waals surface area contributed by atoms with Crippen molar-refractivity contribution in [1.82, 2.24) is 4.98 Å². The molecular formula is C18H15N3O4S. The molecule has 3 aromatic rings. The zero-order valence-corrected chi connectivity index (χ0v) is 14.9. The summed E-state index contributed by atoms with van der Waals surface area (Å²) < 4.78 is 38.8. The second-order valence-corrected chi connectivity index (χ2v) is 7.05. The Hall–Kier alpha value is -3.31. The molecule has 2 aromatic carbocycles. The predicted octanol–water partition coefficient (Wildman–Crippen LogP) is 3.33. The Bertz CT molecular complexity index is 1080. The topological polar surface area (TPSA) is 105 Å². The van der Waals surface area contributed by atoms with E-state index in [1.807, 2.05) is 6.07 Å². The number of sulfonamides is 1. The number of nitrogens with one attached hydrogen (secondary N) is 1. The Labute approximate surface area is 150 Å². The highest BCUT2D eigenvalue weighted by molar-refractivity contribution is 7.92. The number of aryl methyl sites for hydroxylation is 1. The average Bonchev–Trinajstić information content (AvgIpc) is 3.08. The molecule has 8 heteroatoms. The number of methoxy groups -OCH3 is 1. The van der Waals surface area contributed by atoms with Gasteiger partial charge in [-0.05, 0) is 42.5 Å². The molecular weight excluding hydrogens is 354 g/mol. The highest BCUT2D eigenvalue weighted by Crippen LogP contribution is 2.31. The van der Waals surface area contributed by atoms with Crippen molar-refractivity contribution in [2.24, 2.45) is 0 Å². The summed E-state index contributed by atoms with van der Waals surface area (Å²) in [6.07, 6.45) is 1.53. The first-order valence-corrected chi connectivity index (χ1v) is 9.05. The van der Waals surface area contributed by atoms with E-state index in [2.05, 4.69) is 9.71 Å². The lowest BCUT2D eigenvalue weighted by Gasteiger charge is -2.12. The molecule has 0 atom stereocenters. The summed E-state index contributed by atoms with van der Waals surface area (Å²) in [6, 6.07) is 12.8. The molecule has 0 fully saturated rings. The van der Waals surface area contributed by atoms with Crippen molar-refractivity contribution in [3.8, 4) is 23.1 Å². The van der Waals surface area contributed by atoms with Crippen molar-refractivity contribution in [2.45, 2.75) is 11.8 Å². The van der Waals surface area contributed by atoms with Crippen LogP contribution in [0.2, 0.25) is 0 Å². The normalized spacial score (nSPS) is 11.0. The number of hydrogen-bond donors (Lipinski definition) is 1. The third-order valence-corrected chi connectivity index (χ3v) is 5.03. The number of aromatic nitrogens is 1. The molecule has 0 unspecified atom stereocenters. The molecule has 0 aliphatic rings. The third kappa shape index (κ3) is 3.53. The van der Waals surface area contributed by atoms with E-state index in [0.29, 0.717) is 28.5 Å². The van der Waals surface area contributed by atoms with Gasteiger partial charge in [0.1, 0.15) is 10.6 Å². The molecule has 0 spiro atoms. The van der Waals surface area contributed by atoms with Crippen LogP contribution < -0.4 is 9.46 Å². The Morgan fingerprint density at radius 1 is 1.19 bits per heavy atom. The standard InChI is InChI=1S/C18H15N3O4S/c1-12-20-11-17(25-12)14-5-8-16(24-2)18(9-14)26(22,23)21-15-6-3-13(10-19)4-7-15/h3-9,11,21H,1-2H3. The minimum atomic E-state index is -3.92. The van der Waals surface area contributed by atoms with Crippen LogP contribution >= 0.6 is 0 Å². The quantitative estimate of drug-likeness (QED) is 0.739. The van der Waals surface area contributed by atoms with E-state index < -0.39 is 10.0 Å². The lowest BCUT2D eigenvalue weighted by Crippen LogP contribution is -2.14. The first-order chi connectivity index (χ1) is 12.4. The molecule has 0 radical (unpaired) electrons. The summed E-state index contributed by atoms with van der Waals surface area (Å²) in [5, 5.41) is 8.83. The summed E-state index contributed by atoms with van der Waals surface area (Å²) in [7, 11) is -2.52. The van der Waals surface area contributed by atoms with Gasteiger partial charge in [0.15, 0.2) is 11.7 Å². The summed E-state index contributed by atoms with van der Waals surface area (Å²) in [5.74, 6) is 1.14. The SMILES string of the molecule is COc1ccc(-c2cnc(C)o2)cc1S(=O)(=O)Nc1ccc(C#N)cc1. The minimum absolute atomic E-state index is 0.0316. The molecule has 0 aliphatic heterocycles. The molecule has 0 aliphatic carbocycles. The molecule has 26 heavy (non-hydrogen) atoms. The van der Waals surface area contributed by atoms with Crippen molar-refractivity contribution in [3.63, 3.8) is 0 Å². The van der Waals surface area contributed by atoms with E-state index in [4.69, 9.17) is 14.4 Å². The lowest BCUT2D eigenvalue weighted by atomic mass is 10.2. The van der Waals surface area contributed by atoms with E-state index in [1.165, 1.54) is 43.6 Å². The van der Waals surface area contributed by atoms with Gasteiger partial charge in [-0.1, -0.05) is 0 Å². The van der Waals surface area contributed by atoms with Gasteiger partial charge in [-0.25, -0.2) is 13.4 Å². The van der Waals surface area contributed by atoms with Crippen LogP contribution in [0.4, 0.5) is 5.69 Å². The fourth-order valence-corrected chi connectivity index (χ4v) is 3.61. The maximum atomic E-state index is 12.8. The summed E-state index contributed by atoms with van der Waals surface area (Å²) >= 11 is 0. The van der Waals surface area contributed by atoms with E-state index in [-0.39, 0.29) is 10.6 Å². The number of nitrogens with zero attached hydrogens (tertiary/aromatic N) is 2. The van der Waals surface area contributed by atoms with E-state index in [0.717, 1.165) is 0 Å². The van der Waals surface area contributed by atoms with Gasteiger partial charge in [-0.3, -0.25) is 4.72 Å². The molecule has 1 N–H and O–H groups in total. The van der Waals surface area contributed by atoms with Crippen LogP contribution in [0.3, 0.4) is 0 Å². The number of nitriles is 1. The number of rotatable bonds is 5. The van der Waals surface area contributed by atoms with Crippen molar-refractivity contribution < 1.29 is 17.6 Å². The second-order valence-electron chi connectivity index (χ2n) is 5.40. The maximum Gasteiger partial charge on any atom is 0.265 e. The van der Waals surface area contributed by atoms with Crippen molar-refractivity contribution in [2.75, 3.05) is 11.8 Å². The zero-order valence-electron chi connectivity index (χ0n) is 14.1. The summed E-state index contributed by atoms with van der Waals surface area (Å²) in [6.45, 7) is 1.71. The first-order valence-electron chi connectivity index (χ1n) is 7.57. The van der Waals surface area contributed by atoms with Crippen LogP contribution in [0.15, 0.2) is 58.0 Å². The van der Waals surface area contributed by atoms with E-state index in [1.54, 1.807) is 19.1 Å². The first kappa shape index (κ1) is 17.5. The Morgan fingerprint density at radius 3 is 2.50 bits per heavy atom. The van der Waals surface area contributed by atoms with Crippen LogP contribution in [0, 0.1) is 18.3 Å². The molecule has 1 heterocycles. The molecule has 7 nitrogen and oxygen atoms in total. The number of benzene rings is 2. The van der Waals surface area contributed by atoms with Crippen molar-refractivity contribution >= 4 is 15.7 Å². The number of oxazole rings is 1. The summed E-state index contributed by atoms with van der Waals surface area (Å²) in [5.41, 5.74) is 1.34. The molecule has 132 valence electrons. The fourth-order valence-electron chi connectivity index (χ4n) is 2.36. The Balaban J connectivity index is 2.00. The zero-order chi connectivity index (χ0) is 18.7. The molecule has 0 amide bonds. The molecule has 0 saturated carbocycles. The highest BCUT2D eigenvalue weighted by atomic mass is 32.2. The maximum absolute atomic E-state index is 12.8. The van der Waals surface area contributed by atoms with Crippen LogP contribution in [-0.2, 0) is 10.0 Å². The van der Waals surface area contributed by atoms with Crippen molar-refractivity contribution in [1.29, 1.82) is 5.26 Å². The predicted molar refractivity (Wildman–Crippen MR) is 95.2 cm³/mol. The number of ether oxygens (including phenoxy) is 1. The van der Waals surface area contributed by atoms with Gasteiger partial charge in [0, 0.05) is 18.2 Å². The van der Waals surface area contributed by atoms with Crippen LogP contribution in [-0.4, -0.2) is 20.5 Å². The Kier molecular flexibility index (Phi) is 4.65. The van der Waals surface area contributed by atoms with E-state index >= 15 is 0 Å². The largest absolute Gasteiger partial charge is 0.495 e. The van der Waals surface area contributed by atoms with Gasteiger partial charge < -0.3 is 9.15 Å². The monoisotopic (exact) mass is 369 g/mol. The van der Waals surface area contributed by atoms with Crippen LogP contribution in [0.25, 0.3) is 11.3 Å². The molecule has 1 aromatic heterocycles. The number of anilines is 1. The number of hydrogen-bond acceptors (Lipinski definition) is 6. The van der Waals surface area contributed by atoms with Gasteiger partial charge >= 0.3 is 0 Å².